The van der Waals surface area contributed by atoms with Gasteiger partial charge in [-0.05, 0) is 62.7 Å². The summed E-state index contributed by atoms with van der Waals surface area (Å²) in [5, 5.41) is 2.94. The van der Waals surface area contributed by atoms with Gasteiger partial charge >= 0.3 is 6.03 Å². The predicted octanol–water partition coefficient (Wildman–Crippen LogP) is 2.09. The summed E-state index contributed by atoms with van der Waals surface area (Å²) in [7, 11) is 1.67. The van der Waals surface area contributed by atoms with Crippen molar-refractivity contribution in [3.05, 3.63) is 0 Å². The van der Waals surface area contributed by atoms with Crippen molar-refractivity contribution < 1.29 is 14.3 Å². The zero-order valence-electron chi connectivity index (χ0n) is 16.0. The molecule has 1 N–H and O–H groups in total. The molecule has 4 bridgehead atoms. The molecule has 5 rings (SSSR count). The minimum Gasteiger partial charge on any atom is -0.385 e. The van der Waals surface area contributed by atoms with Crippen LogP contribution in [0.25, 0.3) is 0 Å². The van der Waals surface area contributed by atoms with E-state index in [1.54, 1.807) is 7.11 Å². The molecule has 26 heavy (non-hydrogen) atoms. The summed E-state index contributed by atoms with van der Waals surface area (Å²) in [5.41, 5.74) is -0.0562. The first-order valence-electron chi connectivity index (χ1n) is 10.4. The van der Waals surface area contributed by atoms with Gasteiger partial charge in [0.1, 0.15) is 0 Å². The Labute approximate surface area is 156 Å². The summed E-state index contributed by atoms with van der Waals surface area (Å²) in [6, 6.07) is -0.0111. The lowest BCUT2D eigenvalue weighted by Gasteiger charge is -2.57. The Balaban J connectivity index is 1.28. The molecule has 0 atom stereocenters. The van der Waals surface area contributed by atoms with Gasteiger partial charge in [0.2, 0.25) is 5.91 Å². The van der Waals surface area contributed by atoms with E-state index < -0.39 is 0 Å². The maximum absolute atomic E-state index is 13.4. The van der Waals surface area contributed by atoms with Crippen molar-refractivity contribution in [2.24, 2.45) is 23.2 Å². The summed E-state index contributed by atoms with van der Waals surface area (Å²) >= 11 is 0. The number of hydrogen-bond acceptors (Lipinski definition) is 3. The molecule has 0 aromatic carbocycles. The largest absolute Gasteiger partial charge is 0.385 e. The van der Waals surface area contributed by atoms with E-state index in [0.29, 0.717) is 45.2 Å². The molecular formula is C20H33N3O3. The molecule has 0 aromatic rings. The Kier molecular flexibility index (Phi) is 5.13. The van der Waals surface area contributed by atoms with Gasteiger partial charge in [0, 0.05) is 46.4 Å². The second-order valence-corrected chi connectivity index (χ2v) is 9.06. The van der Waals surface area contributed by atoms with Crippen molar-refractivity contribution in [3.8, 4) is 0 Å². The van der Waals surface area contributed by atoms with Gasteiger partial charge in [-0.3, -0.25) is 4.79 Å². The van der Waals surface area contributed by atoms with E-state index >= 15 is 0 Å². The molecule has 1 heterocycles. The molecule has 4 saturated carbocycles. The van der Waals surface area contributed by atoms with Crippen molar-refractivity contribution >= 4 is 11.9 Å². The molecule has 5 aliphatic rings. The van der Waals surface area contributed by atoms with E-state index in [1.165, 1.54) is 19.3 Å². The Morgan fingerprint density at radius 1 is 0.962 bits per heavy atom. The first kappa shape index (κ1) is 18.1. The van der Waals surface area contributed by atoms with E-state index in [0.717, 1.165) is 43.4 Å². The van der Waals surface area contributed by atoms with Crippen LogP contribution in [0.2, 0.25) is 0 Å². The van der Waals surface area contributed by atoms with Gasteiger partial charge < -0.3 is 19.9 Å². The van der Waals surface area contributed by atoms with E-state index in [4.69, 9.17) is 4.74 Å². The maximum atomic E-state index is 13.4. The SMILES string of the molecule is COCCCNC(=O)N1CCN(C(=O)C23CC4CC(CC(C4)C2)C3)CC1. The Bertz CT molecular complexity index is 507. The molecule has 0 aromatic heterocycles. The zero-order chi connectivity index (χ0) is 18.1. The van der Waals surface area contributed by atoms with Crippen molar-refractivity contribution in [1.29, 1.82) is 0 Å². The number of nitrogens with one attached hydrogen (secondary N) is 1. The Hall–Kier alpha value is -1.30. The van der Waals surface area contributed by atoms with Gasteiger partial charge in [-0.2, -0.15) is 0 Å². The van der Waals surface area contributed by atoms with Crippen LogP contribution >= 0.6 is 0 Å². The van der Waals surface area contributed by atoms with Crippen LogP contribution in [0.4, 0.5) is 4.79 Å². The maximum Gasteiger partial charge on any atom is 0.317 e. The van der Waals surface area contributed by atoms with Crippen LogP contribution in [0.3, 0.4) is 0 Å². The molecule has 4 aliphatic carbocycles. The molecule has 0 spiro atoms. The number of rotatable bonds is 5. The van der Waals surface area contributed by atoms with Crippen LogP contribution in [-0.2, 0) is 9.53 Å². The van der Waals surface area contributed by atoms with E-state index in [9.17, 15) is 9.59 Å². The van der Waals surface area contributed by atoms with Crippen molar-refractivity contribution in [1.82, 2.24) is 15.1 Å². The van der Waals surface area contributed by atoms with E-state index in [-0.39, 0.29) is 11.4 Å². The van der Waals surface area contributed by atoms with Gasteiger partial charge in [0.15, 0.2) is 0 Å². The van der Waals surface area contributed by atoms with E-state index in [2.05, 4.69) is 10.2 Å². The van der Waals surface area contributed by atoms with Crippen LogP contribution in [-0.4, -0.2) is 68.2 Å². The highest BCUT2D eigenvalue weighted by Crippen LogP contribution is 2.60. The molecule has 1 aliphatic heterocycles. The first-order valence-corrected chi connectivity index (χ1v) is 10.4. The lowest BCUT2D eigenvalue weighted by molar-refractivity contribution is -0.159. The second kappa shape index (κ2) is 7.37. The number of urea groups is 1. The molecular weight excluding hydrogens is 330 g/mol. The summed E-state index contributed by atoms with van der Waals surface area (Å²) in [4.78, 5) is 29.5. The summed E-state index contributed by atoms with van der Waals surface area (Å²) in [6.45, 7) is 3.97. The number of ether oxygens (including phenoxy) is 1. The smallest absolute Gasteiger partial charge is 0.317 e. The molecule has 0 radical (unpaired) electrons. The fourth-order valence-corrected chi connectivity index (χ4v) is 6.34. The molecule has 5 fully saturated rings. The number of carbonyl (C=O) groups is 2. The average Bonchev–Trinajstić information content (AvgIpc) is 2.63. The number of hydrogen-bond donors (Lipinski definition) is 1. The van der Waals surface area contributed by atoms with Crippen molar-refractivity contribution in [3.63, 3.8) is 0 Å². The van der Waals surface area contributed by atoms with Gasteiger partial charge in [0.05, 0.1) is 5.41 Å². The molecule has 0 unspecified atom stereocenters. The second-order valence-electron chi connectivity index (χ2n) is 9.06. The van der Waals surface area contributed by atoms with Crippen molar-refractivity contribution in [2.45, 2.75) is 44.9 Å². The van der Waals surface area contributed by atoms with Gasteiger partial charge in [-0.1, -0.05) is 0 Å². The third-order valence-corrected chi connectivity index (χ3v) is 7.15. The third kappa shape index (κ3) is 3.45. The topological polar surface area (TPSA) is 61.9 Å². The summed E-state index contributed by atoms with van der Waals surface area (Å²) in [5.74, 6) is 2.79. The quantitative estimate of drug-likeness (QED) is 0.761. The first-order chi connectivity index (χ1) is 12.6. The Morgan fingerprint density at radius 3 is 2.04 bits per heavy atom. The molecule has 6 nitrogen and oxygen atoms in total. The number of carbonyl (C=O) groups excluding carboxylic acids is 2. The number of methoxy groups -OCH3 is 1. The zero-order valence-corrected chi connectivity index (χ0v) is 16.0. The van der Waals surface area contributed by atoms with Crippen LogP contribution in [0, 0.1) is 23.2 Å². The number of piperazine rings is 1. The van der Waals surface area contributed by atoms with Gasteiger partial charge in [-0.15, -0.1) is 0 Å². The Morgan fingerprint density at radius 2 is 1.50 bits per heavy atom. The highest BCUT2D eigenvalue weighted by atomic mass is 16.5. The minimum atomic E-state index is -0.0562. The molecule has 1 saturated heterocycles. The highest BCUT2D eigenvalue weighted by Gasteiger charge is 2.55. The molecule has 146 valence electrons. The van der Waals surface area contributed by atoms with E-state index in [1.807, 2.05) is 4.90 Å². The fourth-order valence-electron chi connectivity index (χ4n) is 6.34. The molecule has 6 heteroatoms. The minimum absolute atomic E-state index is 0.0111. The average molecular weight is 364 g/mol. The predicted molar refractivity (Wildman–Crippen MR) is 98.6 cm³/mol. The molecule has 3 amide bonds. The third-order valence-electron chi connectivity index (χ3n) is 7.15. The monoisotopic (exact) mass is 363 g/mol. The normalized spacial score (nSPS) is 35.7. The highest BCUT2D eigenvalue weighted by molar-refractivity contribution is 5.84. The van der Waals surface area contributed by atoms with Crippen molar-refractivity contribution in [2.75, 3.05) is 46.4 Å². The van der Waals surface area contributed by atoms with Crippen LogP contribution in [0.5, 0.6) is 0 Å². The van der Waals surface area contributed by atoms with Crippen LogP contribution in [0.15, 0.2) is 0 Å². The number of nitrogens with zero attached hydrogens (tertiary/aromatic N) is 2. The summed E-state index contributed by atoms with van der Waals surface area (Å²) in [6.07, 6.45) is 8.29. The lowest BCUT2D eigenvalue weighted by atomic mass is 9.49. The standard InChI is InChI=1S/C20H33N3O3/c1-26-8-2-3-21-19(25)23-6-4-22(5-7-23)18(24)20-12-15-9-16(13-20)11-17(10-15)14-20/h15-17H,2-14H2,1H3,(H,21,25). The summed E-state index contributed by atoms with van der Waals surface area (Å²) < 4.78 is 5.00. The lowest BCUT2D eigenvalue weighted by Crippen LogP contribution is -2.59. The van der Waals surface area contributed by atoms with Crippen LogP contribution < -0.4 is 5.32 Å². The van der Waals surface area contributed by atoms with Gasteiger partial charge in [-0.25, -0.2) is 4.79 Å². The number of amides is 3. The fraction of sp³-hybridized carbons (Fsp3) is 0.900. The van der Waals surface area contributed by atoms with Gasteiger partial charge in [0.25, 0.3) is 0 Å². The van der Waals surface area contributed by atoms with Crippen LogP contribution in [0.1, 0.15) is 44.9 Å².